The molecule has 3 nitrogen and oxygen atoms in total. The van der Waals surface area contributed by atoms with Crippen LogP contribution in [-0.4, -0.2) is 30.1 Å². The lowest BCUT2D eigenvalue weighted by Crippen LogP contribution is -2.42. The van der Waals surface area contributed by atoms with Crippen LogP contribution >= 0.6 is 0 Å². The van der Waals surface area contributed by atoms with Crippen molar-refractivity contribution in [1.29, 1.82) is 0 Å². The van der Waals surface area contributed by atoms with Crippen LogP contribution in [0.1, 0.15) is 155 Å². The maximum atomic E-state index is 5.48. The fourth-order valence-corrected chi connectivity index (χ4v) is 6.48. The molecule has 0 rings (SSSR count). The molecule has 0 aliphatic carbocycles. The van der Waals surface area contributed by atoms with Gasteiger partial charge in [-0.05, 0) is 6.42 Å². The summed E-state index contributed by atoms with van der Waals surface area (Å²) >= 11 is 0. The van der Waals surface area contributed by atoms with E-state index in [-0.39, 0.29) is 0 Å². The van der Waals surface area contributed by atoms with Gasteiger partial charge in [0.05, 0.1) is 0 Å². The SMILES string of the molecule is CCCCCCCCCCCCCCCCCCCCCCCCC[Si](OC)(OC)OC. The van der Waals surface area contributed by atoms with Crippen LogP contribution in [0.3, 0.4) is 0 Å². The van der Waals surface area contributed by atoms with Gasteiger partial charge in [0.1, 0.15) is 0 Å². The summed E-state index contributed by atoms with van der Waals surface area (Å²) in [6.07, 6.45) is 32.7. The van der Waals surface area contributed by atoms with Crippen molar-refractivity contribution >= 4 is 8.80 Å². The maximum absolute atomic E-state index is 5.48. The second-order valence-corrected chi connectivity index (χ2v) is 12.9. The van der Waals surface area contributed by atoms with Crippen molar-refractivity contribution in [2.45, 2.75) is 161 Å². The Bertz CT molecular complexity index is 339. The third kappa shape index (κ3) is 20.7. The molecule has 0 aromatic carbocycles. The average Bonchev–Trinajstić information content (AvgIpc) is 2.82. The van der Waals surface area contributed by atoms with Crippen LogP contribution in [0.15, 0.2) is 0 Å². The Morgan fingerprint density at radius 1 is 0.344 bits per heavy atom. The summed E-state index contributed by atoms with van der Waals surface area (Å²) in [6, 6.07) is 0.940. The van der Waals surface area contributed by atoms with E-state index in [9.17, 15) is 0 Å². The molecule has 0 fully saturated rings. The summed E-state index contributed by atoms with van der Waals surface area (Å²) in [5.74, 6) is 0. The minimum atomic E-state index is -2.33. The zero-order valence-electron chi connectivity index (χ0n) is 22.7. The topological polar surface area (TPSA) is 27.7 Å². The fraction of sp³-hybridized carbons (Fsp3) is 1.00. The molecule has 0 unspecified atom stereocenters. The van der Waals surface area contributed by atoms with Crippen molar-refractivity contribution in [2.75, 3.05) is 21.3 Å². The van der Waals surface area contributed by atoms with Gasteiger partial charge in [0.25, 0.3) is 0 Å². The molecule has 0 aliphatic heterocycles. The molecule has 0 heterocycles. The van der Waals surface area contributed by atoms with E-state index in [0.29, 0.717) is 0 Å². The van der Waals surface area contributed by atoms with Crippen molar-refractivity contribution in [3.63, 3.8) is 0 Å². The molecule has 0 saturated heterocycles. The highest BCUT2D eigenvalue weighted by atomic mass is 28.4. The second-order valence-electron chi connectivity index (χ2n) is 9.82. The molecule has 0 amide bonds. The summed E-state index contributed by atoms with van der Waals surface area (Å²) in [5, 5.41) is 0. The predicted octanol–water partition coefficient (Wildman–Crippen LogP) is 9.86. The third-order valence-corrected chi connectivity index (χ3v) is 9.85. The van der Waals surface area contributed by atoms with Gasteiger partial charge >= 0.3 is 8.80 Å². The second kappa shape index (κ2) is 25.7. The van der Waals surface area contributed by atoms with E-state index in [0.717, 1.165) is 12.5 Å². The van der Waals surface area contributed by atoms with E-state index in [1.165, 1.54) is 141 Å². The zero-order valence-corrected chi connectivity index (χ0v) is 23.7. The molecule has 0 bridgehead atoms. The Labute approximate surface area is 204 Å². The van der Waals surface area contributed by atoms with Gasteiger partial charge in [0, 0.05) is 27.4 Å². The minimum Gasteiger partial charge on any atom is -0.377 e. The maximum Gasteiger partial charge on any atom is 0.500 e. The van der Waals surface area contributed by atoms with Gasteiger partial charge in [0.15, 0.2) is 0 Å². The molecule has 4 heteroatoms. The normalized spacial score (nSPS) is 12.0. The predicted molar refractivity (Wildman–Crippen MR) is 143 cm³/mol. The van der Waals surface area contributed by atoms with Crippen molar-refractivity contribution in [3.05, 3.63) is 0 Å². The zero-order chi connectivity index (χ0) is 23.6. The monoisotopic (exact) mass is 472 g/mol. The van der Waals surface area contributed by atoms with E-state index in [1.807, 2.05) is 0 Å². The van der Waals surface area contributed by atoms with E-state index in [1.54, 1.807) is 21.3 Å². The highest BCUT2D eigenvalue weighted by Crippen LogP contribution is 2.19. The highest BCUT2D eigenvalue weighted by Gasteiger charge is 2.36. The van der Waals surface area contributed by atoms with Crippen molar-refractivity contribution in [1.82, 2.24) is 0 Å². The first kappa shape index (κ1) is 32.1. The Hall–Kier alpha value is 0.0969. The van der Waals surface area contributed by atoms with Crippen LogP contribution in [0.25, 0.3) is 0 Å². The molecule has 0 radical (unpaired) electrons. The number of unbranched alkanes of at least 4 members (excludes halogenated alkanes) is 22. The molecular formula is C28H60O3Si. The molecule has 194 valence electrons. The van der Waals surface area contributed by atoms with Gasteiger partial charge in [0.2, 0.25) is 0 Å². The summed E-state index contributed by atoms with van der Waals surface area (Å²) in [7, 11) is 2.78. The van der Waals surface area contributed by atoms with E-state index >= 15 is 0 Å². The Kier molecular flexibility index (Phi) is 25.8. The molecule has 0 saturated carbocycles. The molecule has 0 N–H and O–H groups in total. The first-order chi connectivity index (χ1) is 15.7. The summed E-state index contributed by atoms with van der Waals surface area (Å²) in [4.78, 5) is 0. The van der Waals surface area contributed by atoms with Crippen LogP contribution in [0.4, 0.5) is 0 Å². The number of rotatable bonds is 27. The van der Waals surface area contributed by atoms with Gasteiger partial charge in [-0.15, -0.1) is 0 Å². The Morgan fingerprint density at radius 3 is 0.781 bits per heavy atom. The third-order valence-electron chi connectivity index (χ3n) is 7.02. The first-order valence-corrected chi connectivity index (χ1v) is 16.3. The smallest absolute Gasteiger partial charge is 0.377 e. The summed E-state index contributed by atoms with van der Waals surface area (Å²) in [5.41, 5.74) is 0. The summed E-state index contributed by atoms with van der Waals surface area (Å²) < 4.78 is 16.4. The molecule has 0 aromatic heterocycles. The average molecular weight is 473 g/mol. The van der Waals surface area contributed by atoms with Crippen LogP contribution in [0.2, 0.25) is 6.04 Å². The molecule has 0 atom stereocenters. The lowest BCUT2D eigenvalue weighted by molar-refractivity contribution is 0.122. The van der Waals surface area contributed by atoms with Gasteiger partial charge in [-0.25, -0.2) is 0 Å². The van der Waals surface area contributed by atoms with Crippen LogP contribution in [-0.2, 0) is 13.3 Å². The van der Waals surface area contributed by atoms with Crippen LogP contribution in [0.5, 0.6) is 0 Å². The minimum absolute atomic E-state index is 0.940. The van der Waals surface area contributed by atoms with Crippen molar-refractivity contribution in [3.8, 4) is 0 Å². The summed E-state index contributed by atoms with van der Waals surface area (Å²) in [6.45, 7) is 2.30. The van der Waals surface area contributed by atoms with Gasteiger partial charge in [-0.1, -0.05) is 148 Å². The molecule has 0 spiro atoms. The lowest BCUT2D eigenvalue weighted by atomic mass is 10.0. The van der Waals surface area contributed by atoms with Gasteiger partial charge in [-0.2, -0.15) is 0 Å². The first-order valence-electron chi connectivity index (χ1n) is 14.4. The molecule has 0 aromatic rings. The van der Waals surface area contributed by atoms with Gasteiger partial charge in [-0.3, -0.25) is 0 Å². The highest BCUT2D eigenvalue weighted by molar-refractivity contribution is 6.60. The Morgan fingerprint density at radius 2 is 0.562 bits per heavy atom. The molecule has 0 aliphatic rings. The standard InChI is InChI=1S/C28H60O3Si/c1-5-6-7-8-9-10-11-12-13-14-15-16-17-18-19-20-21-22-23-24-25-26-27-28-32(29-2,30-3)31-4/h5-28H2,1-4H3. The van der Waals surface area contributed by atoms with Crippen LogP contribution < -0.4 is 0 Å². The van der Waals surface area contributed by atoms with Crippen molar-refractivity contribution < 1.29 is 13.3 Å². The largest absolute Gasteiger partial charge is 0.500 e. The molecule has 32 heavy (non-hydrogen) atoms. The molecular weight excluding hydrogens is 412 g/mol. The van der Waals surface area contributed by atoms with Crippen molar-refractivity contribution in [2.24, 2.45) is 0 Å². The Balaban J connectivity index is 3.15. The number of hydrogen-bond acceptors (Lipinski definition) is 3. The van der Waals surface area contributed by atoms with Gasteiger partial charge < -0.3 is 13.3 Å². The fourth-order valence-electron chi connectivity index (χ4n) is 4.68. The lowest BCUT2D eigenvalue weighted by Gasteiger charge is -2.24. The van der Waals surface area contributed by atoms with E-state index in [4.69, 9.17) is 13.3 Å². The van der Waals surface area contributed by atoms with E-state index < -0.39 is 8.80 Å². The number of hydrogen-bond donors (Lipinski definition) is 0. The van der Waals surface area contributed by atoms with Crippen LogP contribution in [0, 0.1) is 0 Å². The van der Waals surface area contributed by atoms with E-state index in [2.05, 4.69) is 6.92 Å². The quantitative estimate of drug-likeness (QED) is 0.0879.